The summed E-state index contributed by atoms with van der Waals surface area (Å²) in [5.74, 6) is 0. The summed E-state index contributed by atoms with van der Waals surface area (Å²) in [4.78, 5) is 0. The first kappa shape index (κ1) is 20.7. The quantitative estimate of drug-likeness (QED) is 0.337. The van der Waals surface area contributed by atoms with Crippen LogP contribution in [-0.4, -0.2) is 45.2 Å². The summed E-state index contributed by atoms with van der Waals surface area (Å²) in [6.45, 7) is 7.05. The van der Waals surface area contributed by atoms with Gasteiger partial charge in [-0.05, 0) is 0 Å². The Labute approximate surface area is 162 Å². The molecular weight excluding hydrogens is 388 g/mol. The van der Waals surface area contributed by atoms with Gasteiger partial charge >= 0.3 is 162 Å². The van der Waals surface area contributed by atoms with E-state index < -0.39 is 5.66 Å². The first-order valence-corrected chi connectivity index (χ1v) is 13.9. The van der Waals surface area contributed by atoms with Crippen LogP contribution in [0.3, 0.4) is 0 Å². The molecule has 0 aromatic heterocycles. The van der Waals surface area contributed by atoms with E-state index in [4.69, 9.17) is 0 Å². The molecule has 136 valence electrons. The zero-order valence-electron chi connectivity index (χ0n) is 15.7. The van der Waals surface area contributed by atoms with Crippen molar-refractivity contribution in [3.05, 3.63) is 71.8 Å². The van der Waals surface area contributed by atoms with Crippen LogP contribution in [0.2, 0.25) is 0 Å². The van der Waals surface area contributed by atoms with Gasteiger partial charge in [-0.2, -0.15) is 0 Å². The van der Waals surface area contributed by atoms with Crippen molar-refractivity contribution < 1.29 is 0 Å². The molecule has 0 aliphatic rings. The van der Waals surface area contributed by atoms with Crippen molar-refractivity contribution in [3.8, 4) is 0 Å². The average Bonchev–Trinajstić information content (AvgIpc) is 2.66. The molecule has 0 bridgehead atoms. The van der Waals surface area contributed by atoms with E-state index in [2.05, 4.69) is 94.3 Å². The zero-order valence-corrected chi connectivity index (χ0v) is 18.3. The normalized spacial score (nSPS) is 11.8. The molecule has 0 unspecified atom stereocenters. The Morgan fingerprint density at radius 2 is 1.12 bits per heavy atom. The molecule has 0 heterocycles. The van der Waals surface area contributed by atoms with Gasteiger partial charge in [0.05, 0.1) is 0 Å². The number of hydrogen-bond acceptors (Lipinski definition) is 1. The molecule has 3 heteroatoms. The van der Waals surface area contributed by atoms with Crippen LogP contribution in [0.5, 0.6) is 0 Å². The van der Waals surface area contributed by atoms with E-state index in [9.17, 15) is 0 Å². The first-order chi connectivity index (χ1) is 12.2. The number of nitrogens with zero attached hydrogens (tertiary/aromatic N) is 1. The van der Waals surface area contributed by atoms with Gasteiger partial charge in [-0.15, -0.1) is 0 Å². The molecule has 0 radical (unpaired) electrons. The van der Waals surface area contributed by atoms with Gasteiger partial charge < -0.3 is 0 Å². The Morgan fingerprint density at radius 1 is 0.720 bits per heavy atom. The van der Waals surface area contributed by atoms with Crippen LogP contribution in [-0.2, 0) is 12.8 Å². The van der Waals surface area contributed by atoms with Crippen LogP contribution in [0.1, 0.15) is 37.8 Å². The van der Waals surface area contributed by atoms with E-state index in [1.807, 2.05) is 0 Å². The van der Waals surface area contributed by atoms with Crippen molar-refractivity contribution >= 4 is 20.8 Å². The van der Waals surface area contributed by atoms with Crippen molar-refractivity contribution in [1.29, 1.82) is 0 Å². The van der Waals surface area contributed by atoms with Crippen molar-refractivity contribution in [2.75, 3.05) is 25.4 Å². The summed E-state index contributed by atoms with van der Waals surface area (Å²) in [6.07, 6.45) is 7.40. The van der Waals surface area contributed by atoms with E-state index in [0.717, 1.165) is 0 Å². The van der Waals surface area contributed by atoms with Crippen LogP contribution in [0.15, 0.2) is 60.7 Å². The van der Waals surface area contributed by atoms with Gasteiger partial charge in [0.1, 0.15) is 0 Å². The number of benzene rings is 2. The minimum absolute atomic E-state index is 1.18. The molecule has 2 rings (SSSR count). The van der Waals surface area contributed by atoms with Crippen molar-refractivity contribution in [2.45, 2.75) is 39.5 Å². The topological polar surface area (TPSA) is 3.24 Å². The third kappa shape index (κ3) is 6.87. The van der Waals surface area contributed by atoms with E-state index >= 15 is 0 Å². The van der Waals surface area contributed by atoms with Crippen LogP contribution in [0.25, 0.3) is 0 Å². The summed E-state index contributed by atoms with van der Waals surface area (Å²) in [7, 11) is 0. The fourth-order valence-electron chi connectivity index (χ4n) is 3.28. The van der Waals surface area contributed by atoms with Crippen molar-refractivity contribution in [3.63, 3.8) is 0 Å². The molecule has 0 aliphatic carbocycles. The maximum atomic E-state index is 3.74. The minimum atomic E-state index is -1.24. The average molecular weight is 420 g/mol. The fraction of sp³-hybridized carbons (Fsp3) is 0.455. The van der Waals surface area contributed by atoms with Crippen LogP contribution in [0, 0.1) is 0 Å². The second kappa shape index (κ2) is 11.1. The fourth-order valence-corrected chi connectivity index (χ4v) is 8.59. The number of aryl methyl sites for hydroxylation is 2. The second-order valence-electron chi connectivity index (χ2n) is 6.72. The summed E-state index contributed by atoms with van der Waals surface area (Å²) in [5.41, 5.74) is 1.70. The van der Waals surface area contributed by atoms with Gasteiger partial charge in [-0.1, -0.05) is 0 Å². The van der Waals surface area contributed by atoms with Gasteiger partial charge in [-0.25, -0.2) is 0 Å². The zero-order chi connectivity index (χ0) is 18.0. The maximum absolute atomic E-state index is 3.74. The summed E-state index contributed by atoms with van der Waals surface area (Å²) >= 11 is 3.74. The van der Waals surface area contributed by atoms with E-state index in [-0.39, 0.29) is 0 Å². The molecule has 1 nitrogen and oxygen atoms in total. The Bertz CT molecular complexity index is 588. The Hall–Kier alpha value is -0.651. The second-order valence-corrected chi connectivity index (χ2v) is 14.1. The predicted molar refractivity (Wildman–Crippen MR) is 115 cm³/mol. The Balaban J connectivity index is 2.11. The third-order valence-corrected chi connectivity index (χ3v) is 11.7. The molecule has 0 atom stereocenters. The standard InChI is InChI=1S/C22H32NPSe/c1-3-17-23(18-4-2)24(25,19-15-21-11-7-5-8-12-21)20-16-22-13-9-6-10-14-22/h5-14H,3-4,15-20H2,1-2H3. The number of rotatable bonds is 11. The molecule has 0 aliphatic heterocycles. The third-order valence-electron chi connectivity index (χ3n) is 4.66. The van der Waals surface area contributed by atoms with E-state index in [0.29, 0.717) is 0 Å². The molecule has 2 aromatic carbocycles. The van der Waals surface area contributed by atoms with Crippen LogP contribution in [0.4, 0.5) is 0 Å². The van der Waals surface area contributed by atoms with Gasteiger partial charge in [0.2, 0.25) is 0 Å². The first-order valence-electron chi connectivity index (χ1n) is 9.59. The molecule has 0 amide bonds. The molecule has 0 fully saturated rings. The predicted octanol–water partition coefficient (Wildman–Crippen LogP) is 5.61. The summed E-state index contributed by atoms with van der Waals surface area (Å²) < 4.78 is 2.80. The summed E-state index contributed by atoms with van der Waals surface area (Å²) in [5, 5.41) is 0. The Kier molecular flexibility index (Phi) is 9.21. The van der Waals surface area contributed by atoms with Crippen LogP contribution < -0.4 is 0 Å². The SMILES string of the molecule is CCCN(CCC)P(=[Se])(CCc1ccccc1)CCc1ccccc1. The number of hydrogen-bond donors (Lipinski definition) is 0. The Morgan fingerprint density at radius 3 is 1.48 bits per heavy atom. The molecule has 0 saturated heterocycles. The monoisotopic (exact) mass is 421 g/mol. The summed E-state index contributed by atoms with van der Waals surface area (Å²) in [6, 6.07) is 21.9. The van der Waals surface area contributed by atoms with Gasteiger partial charge in [-0.3, -0.25) is 0 Å². The molecule has 25 heavy (non-hydrogen) atoms. The van der Waals surface area contributed by atoms with Crippen LogP contribution >= 0.6 is 5.66 Å². The van der Waals surface area contributed by atoms with Crippen molar-refractivity contribution in [1.82, 2.24) is 4.67 Å². The molecule has 2 aromatic rings. The van der Waals surface area contributed by atoms with E-state index in [1.54, 1.807) is 0 Å². The molecular formula is C22H32NPSe. The van der Waals surface area contributed by atoms with Gasteiger partial charge in [0.15, 0.2) is 0 Å². The molecule has 0 spiro atoms. The van der Waals surface area contributed by atoms with Crippen molar-refractivity contribution in [2.24, 2.45) is 0 Å². The molecule has 0 N–H and O–H groups in total. The van der Waals surface area contributed by atoms with Gasteiger partial charge in [0.25, 0.3) is 0 Å². The van der Waals surface area contributed by atoms with Gasteiger partial charge in [0, 0.05) is 0 Å². The molecule has 0 saturated carbocycles. The van der Waals surface area contributed by atoms with E-state index in [1.165, 1.54) is 62.2 Å².